The second kappa shape index (κ2) is 2.37. The molecule has 0 radical (unpaired) electrons. The van der Waals surface area contributed by atoms with Crippen LogP contribution < -0.4 is 0 Å². The Balaban J connectivity index is 2.29. The fourth-order valence-electron chi connectivity index (χ4n) is 2.83. The lowest BCUT2D eigenvalue weighted by molar-refractivity contribution is -0.118. The number of carbonyl (C=O) groups is 1. The van der Waals surface area contributed by atoms with Gasteiger partial charge in [0, 0.05) is 11.5 Å². The van der Waals surface area contributed by atoms with E-state index in [0.717, 1.165) is 12.7 Å². The SMILES string of the molecule is CC1CC2C(C(=O)/C1=C\O)C2(C)C. The number of aliphatic hydroxyl groups excluding tert-OH is 1. The van der Waals surface area contributed by atoms with E-state index in [1.165, 1.54) is 0 Å². The number of allylic oxidation sites excluding steroid dienone is 1. The standard InChI is InChI=1S/C11H16O2/c1-6-4-8-9(11(8,2)3)10(13)7(6)5-12/h5-6,8-9,12H,4H2,1-3H3/b7-5-. The Hall–Kier alpha value is -0.790. The molecule has 2 rings (SSSR count). The zero-order valence-corrected chi connectivity index (χ0v) is 8.37. The molecule has 13 heavy (non-hydrogen) atoms. The van der Waals surface area contributed by atoms with E-state index in [4.69, 9.17) is 5.11 Å². The highest BCUT2D eigenvalue weighted by atomic mass is 16.2. The van der Waals surface area contributed by atoms with Gasteiger partial charge < -0.3 is 5.11 Å². The van der Waals surface area contributed by atoms with E-state index in [1.807, 2.05) is 6.92 Å². The third-order valence-electron chi connectivity index (χ3n) is 3.89. The molecule has 0 aromatic rings. The number of rotatable bonds is 0. The third kappa shape index (κ3) is 0.976. The molecule has 0 spiro atoms. The molecular formula is C11H16O2. The summed E-state index contributed by atoms with van der Waals surface area (Å²) >= 11 is 0. The van der Waals surface area contributed by atoms with Crippen LogP contribution in [0, 0.1) is 23.2 Å². The van der Waals surface area contributed by atoms with Crippen LogP contribution in [0.5, 0.6) is 0 Å². The fourth-order valence-corrected chi connectivity index (χ4v) is 2.83. The lowest BCUT2D eigenvalue weighted by atomic mass is 9.85. The van der Waals surface area contributed by atoms with E-state index in [0.29, 0.717) is 11.5 Å². The summed E-state index contributed by atoms with van der Waals surface area (Å²) in [5, 5.41) is 8.96. The summed E-state index contributed by atoms with van der Waals surface area (Å²) < 4.78 is 0. The summed E-state index contributed by atoms with van der Waals surface area (Å²) in [5.74, 6) is 1.15. The van der Waals surface area contributed by atoms with Gasteiger partial charge in [-0.15, -0.1) is 0 Å². The van der Waals surface area contributed by atoms with Crippen molar-refractivity contribution >= 4 is 5.78 Å². The van der Waals surface area contributed by atoms with Crippen LogP contribution in [0.1, 0.15) is 27.2 Å². The van der Waals surface area contributed by atoms with E-state index in [2.05, 4.69) is 13.8 Å². The van der Waals surface area contributed by atoms with Gasteiger partial charge in [-0.3, -0.25) is 4.79 Å². The Morgan fingerprint density at radius 1 is 1.54 bits per heavy atom. The second-order valence-corrected chi connectivity index (χ2v) is 4.99. The Morgan fingerprint density at radius 2 is 2.15 bits per heavy atom. The van der Waals surface area contributed by atoms with Crippen molar-refractivity contribution in [3.8, 4) is 0 Å². The summed E-state index contributed by atoms with van der Waals surface area (Å²) in [7, 11) is 0. The first kappa shape index (κ1) is 8.79. The Bertz CT molecular complexity index is 288. The highest BCUT2D eigenvalue weighted by molar-refractivity contribution is 6.01. The maximum absolute atomic E-state index is 11.8. The van der Waals surface area contributed by atoms with Crippen LogP contribution in [0.2, 0.25) is 0 Å². The van der Waals surface area contributed by atoms with Gasteiger partial charge in [0.2, 0.25) is 0 Å². The number of carbonyl (C=O) groups excluding carboxylic acids is 1. The van der Waals surface area contributed by atoms with Gasteiger partial charge in [-0.2, -0.15) is 0 Å². The Labute approximate surface area is 78.6 Å². The molecular weight excluding hydrogens is 164 g/mol. The molecule has 0 heterocycles. The van der Waals surface area contributed by atoms with Gasteiger partial charge in [0.15, 0.2) is 5.78 Å². The van der Waals surface area contributed by atoms with E-state index in [1.54, 1.807) is 0 Å². The average molecular weight is 180 g/mol. The predicted molar refractivity (Wildman–Crippen MR) is 50.3 cm³/mol. The minimum atomic E-state index is 0.177. The molecule has 2 heteroatoms. The van der Waals surface area contributed by atoms with Gasteiger partial charge in [-0.1, -0.05) is 20.8 Å². The van der Waals surface area contributed by atoms with E-state index >= 15 is 0 Å². The molecule has 2 fully saturated rings. The van der Waals surface area contributed by atoms with Crippen LogP contribution in [-0.2, 0) is 4.79 Å². The molecule has 2 aliphatic rings. The highest BCUT2D eigenvalue weighted by Crippen LogP contribution is 2.65. The largest absolute Gasteiger partial charge is 0.515 e. The monoisotopic (exact) mass is 180 g/mol. The third-order valence-corrected chi connectivity index (χ3v) is 3.89. The van der Waals surface area contributed by atoms with Crippen LogP contribution in [-0.4, -0.2) is 10.9 Å². The van der Waals surface area contributed by atoms with Gasteiger partial charge in [-0.25, -0.2) is 0 Å². The number of hydrogen-bond donors (Lipinski definition) is 1. The summed E-state index contributed by atoms with van der Waals surface area (Å²) in [6.45, 7) is 6.31. The average Bonchev–Trinajstić information content (AvgIpc) is 2.54. The van der Waals surface area contributed by atoms with Gasteiger partial charge in [0.25, 0.3) is 0 Å². The lowest BCUT2D eigenvalue weighted by Gasteiger charge is -2.18. The van der Waals surface area contributed by atoms with Crippen molar-refractivity contribution in [2.24, 2.45) is 23.2 Å². The van der Waals surface area contributed by atoms with Crippen molar-refractivity contribution in [3.05, 3.63) is 11.8 Å². The first-order valence-electron chi connectivity index (χ1n) is 4.88. The first-order valence-corrected chi connectivity index (χ1v) is 4.88. The molecule has 1 N–H and O–H groups in total. The Morgan fingerprint density at radius 3 is 2.69 bits per heavy atom. The molecule has 3 atom stereocenters. The quantitative estimate of drug-likeness (QED) is 0.459. The van der Waals surface area contributed by atoms with E-state index in [9.17, 15) is 4.79 Å². The first-order chi connectivity index (χ1) is 6.00. The minimum absolute atomic E-state index is 0.177. The summed E-state index contributed by atoms with van der Waals surface area (Å²) in [6, 6.07) is 0. The van der Waals surface area contributed by atoms with Crippen LogP contribution >= 0.6 is 0 Å². The molecule has 0 aromatic carbocycles. The van der Waals surface area contributed by atoms with E-state index in [-0.39, 0.29) is 23.0 Å². The van der Waals surface area contributed by atoms with Crippen LogP contribution in [0.15, 0.2) is 11.8 Å². The molecule has 2 saturated carbocycles. The number of Topliss-reactive ketones (excluding diaryl/α,β-unsaturated/α-hetero) is 1. The lowest BCUT2D eigenvalue weighted by Crippen LogP contribution is -2.19. The minimum Gasteiger partial charge on any atom is -0.515 e. The van der Waals surface area contributed by atoms with Crippen molar-refractivity contribution in [3.63, 3.8) is 0 Å². The maximum atomic E-state index is 11.8. The van der Waals surface area contributed by atoms with Gasteiger partial charge in [0.1, 0.15) is 0 Å². The molecule has 72 valence electrons. The smallest absolute Gasteiger partial charge is 0.166 e. The summed E-state index contributed by atoms with van der Waals surface area (Å²) in [6.07, 6.45) is 2.06. The van der Waals surface area contributed by atoms with Crippen molar-refractivity contribution in [1.82, 2.24) is 0 Å². The Kier molecular flexibility index (Phi) is 1.60. The van der Waals surface area contributed by atoms with Crippen LogP contribution in [0.4, 0.5) is 0 Å². The summed E-state index contributed by atoms with van der Waals surface area (Å²) in [4.78, 5) is 11.8. The second-order valence-electron chi connectivity index (χ2n) is 4.99. The van der Waals surface area contributed by atoms with Gasteiger partial charge >= 0.3 is 0 Å². The van der Waals surface area contributed by atoms with Gasteiger partial charge in [-0.05, 0) is 23.7 Å². The molecule has 2 aliphatic carbocycles. The topological polar surface area (TPSA) is 37.3 Å². The zero-order valence-electron chi connectivity index (χ0n) is 8.37. The van der Waals surface area contributed by atoms with Crippen molar-refractivity contribution in [2.75, 3.05) is 0 Å². The number of aliphatic hydroxyl groups is 1. The zero-order chi connectivity index (χ0) is 9.80. The van der Waals surface area contributed by atoms with Crippen LogP contribution in [0.25, 0.3) is 0 Å². The predicted octanol–water partition coefficient (Wildman–Crippen LogP) is 2.31. The van der Waals surface area contributed by atoms with Crippen LogP contribution in [0.3, 0.4) is 0 Å². The number of hydrogen-bond acceptors (Lipinski definition) is 2. The fraction of sp³-hybridized carbons (Fsp3) is 0.727. The van der Waals surface area contributed by atoms with Crippen molar-refractivity contribution in [2.45, 2.75) is 27.2 Å². The molecule has 0 saturated heterocycles. The van der Waals surface area contributed by atoms with E-state index < -0.39 is 0 Å². The maximum Gasteiger partial charge on any atom is 0.166 e. The molecule has 3 unspecified atom stereocenters. The molecule has 0 aliphatic heterocycles. The molecule has 2 nitrogen and oxygen atoms in total. The number of fused-ring (bicyclic) bond motifs is 1. The summed E-state index contributed by atoms with van der Waals surface area (Å²) in [5.41, 5.74) is 0.808. The van der Waals surface area contributed by atoms with Crippen molar-refractivity contribution < 1.29 is 9.90 Å². The highest BCUT2D eigenvalue weighted by Gasteiger charge is 2.64. The van der Waals surface area contributed by atoms with Gasteiger partial charge in [0.05, 0.1) is 6.26 Å². The molecule has 0 aromatic heterocycles. The van der Waals surface area contributed by atoms with Crippen molar-refractivity contribution in [1.29, 1.82) is 0 Å². The molecule has 0 amide bonds. The number of ketones is 1. The molecule has 0 bridgehead atoms. The normalized spacial score (nSPS) is 44.7.